The maximum absolute atomic E-state index is 12.4. The summed E-state index contributed by atoms with van der Waals surface area (Å²) in [6.07, 6.45) is 0.591. The second-order valence-electron chi connectivity index (χ2n) is 8.87. The van der Waals surface area contributed by atoms with Gasteiger partial charge >= 0.3 is 12.2 Å². The first-order valence-electron chi connectivity index (χ1n) is 9.93. The Morgan fingerprint density at radius 3 is 1.86 bits per heavy atom. The second kappa shape index (κ2) is 12.3. The molecule has 0 aliphatic heterocycles. The quantitative estimate of drug-likeness (QED) is 0.472. The summed E-state index contributed by atoms with van der Waals surface area (Å²) in [5.74, 6) is -0.410. The van der Waals surface area contributed by atoms with Crippen molar-refractivity contribution in [1.82, 2.24) is 16.0 Å². The molecule has 0 heterocycles. The molecule has 0 fully saturated rings. The van der Waals surface area contributed by atoms with Gasteiger partial charge in [0.1, 0.15) is 23.0 Å². The molecule has 0 aromatic rings. The van der Waals surface area contributed by atoms with E-state index < -0.39 is 29.4 Å². The van der Waals surface area contributed by atoms with Gasteiger partial charge in [-0.15, -0.1) is 0 Å². The molecule has 0 rings (SSSR count). The number of nitrogens with one attached hydrogen (secondary N) is 3. The van der Waals surface area contributed by atoms with Gasteiger partial charge in [-0.2, -0.15) is 0 Å². The normalized spacial score (nSPS) is 12.5. The fourth-order valence-corrected chi connectivity index (χ4v) is 2.18. The summed E-state index contributed by atoms with van der Waals surface area (Å²) in [4.78, 5) is 47.0. The van der Waals surface area contributed by atoms with Crippen molar-refractivity contribution in [2.24, 2.45) is 0 Å². The molecule has 0 aromatic heterocycles. The van der Waals surface area contributed by atoms with Crippen molar-refractivity contribution in [3.05, 3.63) is 0 Å². The number of alkyl carbamates (subject to hydrolysis) is 2. The van der Waals surface area contributed by atoms with Crippen molar-refractivity contribution in [3.63, 3.8) is 0 Å². The van der Waals surface area contributed by atoms with Gasteiger partial charge in [0.25, 0.3) is 0 Å². The number of ketones is 1. The molecule has 29 heavy (non-hydrogen) atoms. The van der Waals surface area contributed by atoms with E-state index in [1.807, 2.05) is 0 Å². The largest absolute Gasteiger partial charge is 0.444 e. The van der Waals surface area contributed by atoms with Gasteiger partial charge in [0.15, 0.2) is 0 Å². The van der Waals surface area contributed by atoms with E-state index >= 15 is 0 Å². The number of unbranched alkanes of at least 4 members (excludes halogenated alkanes) is 1. The summed E-state index contributed by atoms with van der Waals surface area (Å²) in [5.41, 5.74) is -1.25. The minimum Gasteiger partial charge on any atom is -0.444 e. The van der Waals surface area contributed by atoms with Crippen LogP contribution in [0, 0.1) is 0 Å². The highest BCUT2D eigenvalue weighted by atomic mass is 16.6. The molecule has 0 radical (unpaired) electrons. The molecule has 0 bridgehead atoms. The average Bonchev–Trinajstić information content (AvgIpc) is 2.49. The zero-order valence-corrected chi connectivity index (χ0v) is 18.8. The van der Waals surface area contributed by atoms with Gasteiger partial charge in [-0.3, -0.25) is 9.59 Å². The number of carbonyl (C=O) groups is 4. The van der Waals surface area contributed by atoms with E-state index in [4.69, 9.17) is 9.47 Å². The molecule has 3 N–H and O–H groups in total. The van der Waals surface area contributed by atoms with Gasteiger partial charge in [0.2, 0.25) is 5.91 Å². The predicted molar refractivity (Wildman–Crippen MR) is 110 cm³/mol. The smallest absolute Gasteiger partial charge is 0.408 e. The van der Waals surface area contributed by atoms with E-state index in [1.165, 1.54) is 6.92 Å². The molecule has 168 valence electrons. The van der Waals surface area contributed by atoms with Crippen molar-refractivity contribution in [2.45, 2.75) is 91.4 Å². The third-order valence-electron chi connectivity index (χ3n) is 3.37. The summed E-state index contributed by atoms with van der Waals surface area (Å²) in [6, 6.07) is -0.793. The minimum atomic E-state index is -0.793. The Hall–Kier alpha value is -2.32. The molecule has 0 saturated carbocycles. The molecule has 0 spiro atoms. The van der Waals surface area contributed by atoms with Gasteiger partial charge in [-0.1, -0.05) is 0 Å². The Labute approximate surface area is 173 Å². The number of hydrogen-bond acceptors (Lipinski definition) is 6. The zero-order chi connectivity index (χ0) is 22.7. The minimum absolute atomic E-state index is 0.0323. The SMILES string of the molecule is CC(=O)CCNC(=O)[C@H](CCCCNC(=O)OC(C)(C)C)NC(=O)OC(C)(C)C. The van der Waals surface area contributed by atoms with E-state index in [9.17, 15) is 19.2 Å². The predicted octanol–water partition coefficient (Wildman–Crippen LogP) is 2.67. The van der Waals surface area contributed by atoms with E-state index in [-0.39, 0.29) is 24.7 Å². The summed E-state index contributed by atoms with van der Waals surface area (Å²) >= 11 is 0. The maximum atomic E-state index is 12.4. The summed E-state index contributed by atoms with van der Waals surface area (Å²) in [5, 5.41) is 7.87. The summed E-state index contributed by atoms with van der Waals surface area (Å²) in [6.45, 7) is 12.6. The Kier molecular flexibility index (Phi) is 11.3. The fourth-order valence-electron chi connectivity index (χ4n) is 2.18. The monoisotopic (exact) mass is 415 g/mol. The van der Waals surface area contributed by atoms with Crippen LogP contribution in [0.5, 0.6) is 0 Å². The first-order chi connectivity index (χ1) is 13.2. The van der Waals surface area contributed by atoms with Gasteiger partial charge in [0, 0.05) is 19.5 Å². The van der Waals surface area contributed by atoms with Crippen molar-refractivity contribution >= 4 is 23.9 Å². The Balaban J connectivity index is 4.53. The number of rotatable bonds is 10. The topological polar surface area (TPSA) is 123 Å². The summed E-state index contributed by atoms with van der Waals surface area (Å²) in [7, 11) is 0. The lowest BCUT2D eigenvalue weighted by molar-refractivity contribution is -0.123. The molecule has 9 nitrogen and oxygen atoms in total. The molecular weight excluding hydrogens is 378 g/mol. The lowest BCUT2D eigenvalue weighted by Gasteiger charge is -2.23. The third kappa shape index (κ3) is 16.3. The van der Waals surface area contributed by atoms with E-state index in [0.29, 0.717) is 25.8 Å². The number of Topliss-reactive ketones (excluding diaryl/α,β-unsaturated/α-hetero) is 1. The molecule has 0 unspecified atom stereocenters. The van der Waals surface area contributed by atoms with Crippen LogP contribution in [0.15, 0.2) is 0 Å². The molecule has 1 atom stereocenters. The highest BCUT2D eigenvalue weighted by Crippen LogP contribution is 2.09. The lowest BCUT2D eigenvalue weighted by atomic mass is 10.1. The van der Waals surface area contributed by atoms with Gasteiger partial charge < -0.3 is 25.4 Å². The van der Waals surface area contributed by atoms with Crippen LogP contribution in [0.25, 0.3) is 0 Å². The van der Waals surface area contributed by atoms with Crippen LogP contribution in [0.1, 0.15) is 74.1 Å². The highest BCUT2D eigenvalue weighted by molar-refractivity contribution is 5.86. The van der Waals surface area contributed by atoms with Crippen LogP contribution in [0.2, 0.25) is 0 Å². The van der Waals surface area contributed by atoms with Crippen LogP contribution in [-0.4, -0.2) is 54.2 Å². The van der Waals surface area contributed by atoms with Crippen LogP contribution in [0.4, 0.5) is 9.59 Å². The first kappa shape index (κ1) is 26.7. The number of carbonyl (C=O) groups excluding carboxylic acids is 4. The molecule has 3 amide bonds. The Bertz CT molecular complexity index is 564. The van der Waals surface area contributed by atoms with E-state index in [1.54, 1.807) is 41.5 Å². The van der Waals surface area contributed by atoms with Gasteiger partial charge in [-0.25, -0.2) is 9.59 Å². The molecular formula is C20H37N3O6. The zero-order valence-electron chi connectivity index (χ0n) is 18.8. The average molecular weight is 416 g/mol. The van der Waals surface area contributed by atoms with Gasteiger partial charge in [-0.05, 0) is 67.7 Å². The Morgan fingerprint density at radius 1 is 0.793 bits per heavy atom. The standard InChI is InChI=1S/C20H37N3O6/c1-14(24)11-13-21-16(25)15(23-18(27)29-20(5,6)7)10-8-9-12-22-17(26)28-19(2,3)4/h15H,8-13H2,1-7H3,(H,21,25)(H,22,26)(H,23,27)/t15-/m0/s1. The molecule has 0 aromatic carbocycles. The Morgan fingerprint density at radius 2 is 1.34 bits per heavy atom. The highest BCUT2D eigenvalue weighted by Gasteiger charge is 2.24. The molecule has 0 saturated heterocycles. The lowest BCUT2D eigenvalue weighted by Crippen LogP contribution is -2.48. The van der Waals surface area contributed by atoms with Crippen LogP contribution in [-0.2, 0) is 19.1 Å². The van der Waals surface area contributed by atoms with E-state index in [0.717, 1.165) is 0 Å². The van der Waals surface area contributed by atoms with E-state index in [2.05, 4.69) is 16.0 Å². The van der Waals surface area contributed by atoms with Gasteiger partial charge in [0.05, 0.1) is 0 Å². The fraction of sp³-hybridized carbons (Fsp3) is 0.800. The number of amides is 3. The van der Waals surface area contributed by atoms with Crippen LogP contribution >= 0.6 is 0 Å². The molecule has 9 heteroatoms. The van der Waals surface area contributed by atoms with Crippen molar-refractivity contribution in [2.75, 3.05) is 13.1 Å². The van der Waals surface area contributed by atoms with Crippen LogP contribution in [0.3, 0.4) is 0 Å². The third-order valence-corrected chi connectivity index (χ3v) is 3.37. The molecule has 0 aliphatic carbocycles. The maximum Gasteiger partial charge on any atom is 0.408 e. The van der Waals surface area contributed by atoms with Crippen molar-refractivity contribution in [3.8, 4) is 0 Å². The second-order valence-corrected chi connectivity index (χ2v) is 8.87. The number of hydrogen-bond donors (Lipinski definition) is 3. The van der Waals surface area contributed by atoms with Crippen molar-refractivity contribution < 1.29 is 28.7 Å². The van der Waals surface area contributed by atoms with Crippen LogP contribution < -0.4 is 16.0 Å². The van der Waals surface area contributed by atoms with Crippen molar-refractivity contribution in [1.29, 1.82) is 0 Å². The summed E-state index contributed by atoms with van der Waals surface area (Å²) < 4.78 is 10.4. The molecule has 0 aliphatic rings. The number of ether oxygens (including phenoxy) is 2. The first-order valence-corrected chi connectivity index (χ1v) is 9.93.